The fourth-order valence-electron chi connectivity index (χ4n) is 6.31. The molecule has 8 nitrogen and oxygen atoms in total. The highest BCUT2D eigenvalue weighted by Crippen LogP contribution is 2.65. The summed E-state index contributed by atoms with van der Waals surface area (Å²) in [5.74, 6) is -2.83. The standard InChI is InChI=1S/C29H34O8/c1-20(30)34-26-25-27(3)16-24(35-26)37-29(25,36-21(2)31)15-14-28(27,33-18-23-12-8-5-9-13-23)19-32-17-22-10-6-4-7-11-22/h4-13,24-26H,14-19H2,1-3H3/t24-,25-,26-,27+,28+,29+/m1/s1. The molecule has 0 N–H and O–H groups in total. The van der Waals surface area contributed by atoms with Crippen LogP contribution in [-0.2, 0) is 51.2 Å². The van der Waals surface area contributed by atoms with Crippen LogP contribution in [0, 0.1) is 11.3 Å². The first-order valence-corrected chi connectivity index (χ1v) is 12.7. The summed E-state index contributed by atoms with van der Waals surface area (Å²) in [5.41, 5.74) is 0.657. The van der Waals surface area contributed by atoms with E-state index in [1.807, 2.05) is 60.7 Å². The monoisotopic (exact) mass is 510 g/mol. The predicted octanol–water partition coefficient (Wildman–Crippen LogP) is 4.50. The van der Waals surface area contributed by atoms with Gasteiger partial charge in [-0.05, 0) is 17.5 Å². The molecule has 0 aromatic heterocycles. The van der Waals surface area contributed by atoms with Gasteiger partial charge in [-0.3, -0.25) is 9.59 Å². The van der Waals surface area contributed by atoms with Gasteiger partial charge in [-0.25, -0.2) is 0 Å². The van der Waals surface area contributed by atoms with E-state index in [0.29, 0.717) is 39.1 Å². The Bertz CT molecular complexity index is 1110. The average molecular weight is 511 g/mol. The molecule has 3 aliphatic heterocycles. The minimum absolute atomic E-state index is 0.303. The van der Waals surface area contributed by atoms with Gasteiger partial charge in [0.25, 0.3) is 0 Å². The lowest BCUT2D eigenvalue weighted by Gasteiger charge is -2.68. The van der Waals surface area contributed by atoms with Gasteiger partial charge in [0.2, 0.25) is 12.1 Å². The van der Waals surface area contributed by atoms with Crippen LogP contribution in [0.2, 0.25) is 0 Å². The largest absolute Gasteiger partial charge is 0.435 e. The Kier molecular flexibility index (Phi) is 7.11. The molecule has 1 aliphatic carbocycles. The van der Waals surface area contributed by atoms with Crippen LogP contribution in [0.25, 0.3) is 0 Å². The second-order valence-corrected chi connectivity index (χ2v) is 10.4. The predicted molar refractivity (Wildman–Crippen MR) is 132 cm³/mol. The molecule has 1 saturated carbocycles. The summed E-state index contributed by atoms with van der Waals surface area (Å²) in [5, 5.41) is 0. The van der Waals surface area contributed by atoms with E-state index in [4.69, 9.17) is 28.4 Å². The molecule has 0 spiro atoms. The van der Waals surface area contributed by atoms with Gasteiger partial charge in [0.05, 0.1) is 31.3 Å². The molecule has 37 heavy (non-hydrogen) atoms. The zero-order chi connectivity index (χ0) is 26.1. The lowest BCUT2D eigenvalue weighted by Crippen LogP contribution is -2.77. The van der Waals surface area contributed by atoms with Gasteiger partial charge in [0.1, 0.15) is 0 Å². The van der Waals surface area contributed by atoms with Crippen molar-refractivity contribution < 1.29 is 38.0 Å². The van der Waals surface area contributed by atoms with Crippen LogP contribution in [0.5, 0.6) is 0 Å². The molecule has 2 aromatic carbocycles. The summed E-state index contributed by atoms with van der Waals surface area (Å²) in [6.07, 6.45) is -0.319. The van der Waals surface area contributed by atoms with E-state index in [-0.39, 0.29) is 0 Å². The Hall–Kier alpha value is -2.78. The van der Waals surface area contributed by atoms with E-state index in [0.717, 1.165) is 11.1 Å². The van der Waals surface area contributed by atoms with Crippen LogP contribution in [0.3, 0.4) is 0 Å². The molecule has 4 aliphatic rings. The van der Waals surface area contributed by atoms with E-state index in [1.165, 1.54) is 13.8 Å². The minimum atomic E-state index is -1.28. The number of carbonyl (C=O) groups is 2. The van der Waals surface area contributed by atoms with Crippen LogP contribution in [-0.4, -0.2) is 42.5 Å². The first-order valence-electron chi connectivity index (χ1n) is 12.7. The van der Waals surface area contributed by atoms with Crippen LogP contribution in [0.15, 0.2) is 60.7 Å². The number of ether oxygens (including phenoxy) is 6. The summed E-state index contributed by atoms with van der Waals surface area (Å²) in [7, 11) is 0. The highest BCUT2D eigenvalue weighted by atomic mass is 16.8. The molecule has 6 atom stereocenters. The molecule has 198 valence electrons. The third-order valence-electron chi connectivity index (χ3n) is 7.96. The third-order valence-corrected chi connectivity index (χ3v) is 7.96. The molecular formula is C29H34O8. The highest BCUT2D eigenvalue weighted by Gasteiger charge is 2.75. The molecule has 8 heteroatoms. The van der Waals surface area contributed by atoms with E-state index in [1.54, 1.807) is 0 Å². The Balaban J connectivity index is 1.50. The molecule has 3 heterocycles. The van der Waals surface area contributed by atoms with Crippen molar-refractivity contribution in [2.45, 2.75) is 77.2 Å². The number of hydrogen-bond donors (Lipinski definition) is 0. The van der Waals surface area contributed by atoms with Crippen LogP contribution >= 0.6 is 0 Å². The molecule has 4 bridgehead atoms. The second kappa shape index (κ2) is 10.2. The van der Waals surface area contributed by atoms with Crippen molar-refractivity contribution in [3.8, 4) is 0 Å². The fourth-order valence-corrected chi connectivity index (χ4v) is 6.31. The third kappa shape index (κ3) is 4.91. The number of benzene rings is 2. The van der Waals surface area contributed by atoms with Crippen LogP contribution in [0.4, 0.5) is 0 Å². The van der Waals surface area contributed by atoms with Gasteiger partial charge in [0, 0.05) is 32.1 Å². The van der Waals surface area contributed by atoms with Crippen molar-refractivity contribution in [3.63, 3.8) is 0 Å². The average Bonchev–Trinajstić information content (AvgIpc) is 2.85. The molecule has 0 radical (unpaired) electrons. The van der Waals surface area contributed by atoms with Crippen molar-refractivity contribution in [2.75, 3.05) is 6.61 Å². The molecule has 0 amide bonds. The smallest absolute Gasteiger partial charge is 0.305 e. The molecule has 2 aromatic rings. The van der Waals surface area contributed by atoms with Crippen molar-refractivity contribution in [1.29, 1.82) is 0 Å². The normalized spacial score (nSPS) is 34.1. The van der Waals surface area contributed by atoms with E-state index in [2.05, 4.69) is 6.92 Å². The minimum Gasteiger partial charge on any atom is -0.435 e. The first-order chi connectivity index (χ1) is 17.8. The van der Waals surface area contributed by atoms with Gasteiger partial charge < -0.3 is 28.4 Å². The topological polar surface area (TPSA) is 89.5 Å². The molecule has 6 rings (SSSR count). The maximum absolute atomic E-state index is 12.2. The summed E-state index contributed by atoms with van der Waals surface area (Å²) in [4.78, 5) is 24.2. The summed E-state index contributed by atoms with van der Waals surface area (Å²) < 4.78 is 36.8. The SMILES string of the molecule is CC(=O)O[C@@H]1O[C@H]2C[C@@]3(C)[C@@H]1[C@](OC(C)=O)(CC[C@@]3(COCc1ccccc1)OCc1ccccc1)O2. The fraction of sp³-hybridized carbons (Fsp3) is 0.517. The quantitative estimate of drug-likeness (QED) is 0.456. The Morgan fingerprint density at radius 1 is 0.919 bits per heavy atom. The lowest BCUT2D eigenvalue weighted by atomic mass is 9.52. The highest BCUT2D eigenvalue weighted by molar-refractivity contribution is 5.67. The summed E-state index contributed by atoms with van der Waals surface area (Å²) in [6.45, 7) is 5.89. The number of rotatable bonds is 9. The Labute approximate surface area is 217 Å². The van der Waals surface area contributed by atoms with E-state index < -0.39 is 47.2 Å². The van der Waals surface area contributed by atoms with Crippen molar-refractivity contribution in [1.82, 2.24) is 0 Å². The van der Waals surface area contributed by atoms with Gasteiger partial charge in [-0.1, -0.05) is 67.6 Å². The number of hydrogen-bond acceptors (Lipinski definition) is 8. The Morgan fingerprint density at radius 3 is 2.19 bits per heavy atom. The van der Waals surface area contributed by atoms with Gasteiger partial charge >= 0.3 is 11.9 Å². The lowest BCUT2D eigenvalue weighted by molar-refractivity contribution is -0.488. The van der Waals surface area contributed by atoms with Gasteiger partial charge in [-0.2, -0.15) is 0 Å². The molecule has 4 fully saturated rings. The summed E-state index contributed by atoms with van der Waals surface area (Å²) >= 11 is 0. The summed E-state index contributed by atoms with van der Waals surface area (Å²) in [6, 6.07) is 19.9. The van der Waals surface area contributed by atoms with Crippen LogP contribution in [0.1, 0.15) is 51.2 Å². The van der Waals surface area contributed by atoms with E-state index >= 15 is 0 Å². The second-order valence-electron chi connectivity index (χ2n) is 10.4. The maximum atomic E-state index is 12.2. The van der Waals surface area contributed by atoms with E-state index in [9.17, 15) is 9.59 Å². The van der Waals surface area contributed by atoms with Crippen molar-refractivity contribution in [2.24, 2.45) is 11.3 Å². The first kappa shape index (κ1) is 25.9. The maximum Gasteiger partial charge on any atom is 0.305 e. The molecule has 0 unspecified atom stereocenters. The number of esters is 2. The Morgan fingerprint density at radius 2 is 1.57 bits per heavy atom. The zero-order valence-corrected chi connectivity index (χ0v) is 21.5. The zero-order valence-electron chi connectivity index (χ0n) is 21.5. The van der Waals surface area contributed by atoms with Gasteiger partial charge in [0.15, 0.2) is 6.29 Å². The molecular weight excluding hydrogens is 476 g/mol. The van der Waals surface area contributed by atoms with Crippen molar-refractivity contribution in [3.05, 3.63) is 71.8 Å². The number of fused-ring (bicyclic) bond motifs is 1. The van der Waals surface area contributed by atoms with Crippen molar-refractivity contribution >= 4 is 11.9 Å². The van der Waals surface area contributed by atoms with Gasteiger partial charge in [-0.15, -0.1) is 0 Å². The number of carbonyl (C=O) groups excluding carboxylic acids is 2. The molecule has 3 saturated heterocycles. The van der Waals surface area contributed by atoms with Crippen LogP contribution < -0.4 is 0 Å².